The molecule has 3 aromatic rings. The Labute approximate surface area is 162 Å². The van der Waals surface area contributed by atoms with Crippen LogP contribution in [0.15, 0.2) is 78.9 Å². The van der Waals surface area contributed by atoms with Crippen LogP contribution in [0.1, 0.15) is 23.5 Å². The monoisotopic (exact) mass is 377 g/mol. The van der Waals surface area contributed by atoms with E-state index < -0.39 is 10.9 Å². The van der Waals surface area contributed by atoms with E-state index in [1.807, 2.05) is 60.7 Å². The maximum Gasteiger partial charge on any atom is 0.315 e. The summed E-state index contributed by atoms with van der Waals surface area (Å²) < 4.78 is 10.3. The van der Waals surface area contributed by atoms with Gasteiger partial charge in [0.1, 0.15) is 5.75 Å². The average molecular weight is 377 g/mol. The molecule has 3 aromatic carbocycles. The molecule has 0 N–H and O–H groups in total. The third kappa shape index (κ3) is 4.54. The topological polar surface area (TPSA) is 78.7 Å². The summed E-state index contributed by atoms with van der Waals surface area (Å²) in [6.07, 6.45) is 0.0528. The van der Waals surface area contributed by atoms with Gasteiger partial charge < -0.3 is 9.47 Å². The number of benzene rings is 3. The summed E-state index contributed by atoms with van der Waals surface area (Å²) in [5.41, 5.74) is 1.62. The van der Waals surface area contributed by atoms with Crippen molar-refractivity contribution in [3.63, 3.8) is 0 Å². The Morgan fingerprint density at radius 3 is 2.04 bits per heavy atom. The summed E-state index contributed by atoms with van der Waals surface area (Å²) in [6.45, 7) is 0. The Kier molecular flexibility index (Phi) is 6.01. The largest absolute Gasteiger partial charge is 0.496 e. The van der Waals surface area contributed by atoms with Crippen LogP contribution in [0.4, 0.5) is 5.69 Å². The molecule has 0 aliphatic heterocycles. The molecule has 0 atom stereocenters. The Hall–Kier alpha value is -3.67. The number of carbonyl (C=O) groups excluding carboxylic acids is 1. The number of ether oxygens (including phenoxy) is 2. The van der Waals surface area contributed by atoms with Gasteiger partial charge in [0.05, 0.1) is 24.5 Å². The first-order chi connectivity index (χ1) is 13.6. The van der Waals surface area contributed by atoms with E-state index in [1.165, 1.54) is 25.3 Å². The smallest absolute Gasteiger partial charge is 0.315 e. The molecule has 6 nitrogen and oxygen atoms in total. The van der Waals surface area contributed by atoms with Crippen molar-refractivity contribution in [1.29, 1.82) is 0 Å². The first-order valence-corrected chi connectivity index (χ1v) is 8.71. The van der Waals surface area contributed by atoms with Gasteiger partial charge in [0.25, 0.3) is 0 Å². The van der Waals surface area contributed by atoms with E-state index in [-0.39, 0.29) is 23.8 Å². The SMILES string of the molecule is COc1ccc(OC(=O)CC(c2ccccc2)c2ccccc2)c([N+](=O)[O-])c1. The molecule has 6 heteroatoms. The van der Waals surface area contributed by atoms with Crippen molar-refractivity contribution in [2.45, 2.75) is 12.3 Å². The highest BCUT2D eigenvalue weighted by Crippen LogP contribution is 2.33. The van der Waals surface area contributed by atoms with Crippen LogP contribution in [0.2, 0.25) is 0 Å². The quantitative estimate of drug-likeness (QED) is 0.257. The Balaban J connectivity index is 1.85. The first-order valence-electron chi connectivity index (χ1n) is 8.71. The van der Waals surface area contributed by atoms with Crippen LogP contribution in [0, 0.1) is 10.1 Å². The minimum absolute atomic E-state index is 0.0528. The van der Waals surface area contributed by atoms with Gasteiger partial charge >= 0.3 is 11.7 Å². The lowest BCUT2D eigenvalue weighted by molar-refractivity contribution is -0.385. The molecule has 0 aliphatic rings. The van der Waals surface area contributed by atoms with Crippen LogP contribution in [0.25, 0.3) is 0 Å². The molecule has 0 aliphatic carbocycles. The number of hydrogen-bond donors (Lipinski definition) is 0. The molecule has 3 rings (SSSR count). The zero-order chi connectivity index (χ0) is 19.9. The van der Waals surface area contributed by atoms with Crippen molar-refractivity contribution in [2.75, 3.05) is 7.11 Å². The molecule has 0 saturated carbocycles. The zero-order valence-corrected chi connectivity index (χ0v) is 15.3. The lowest BCUT2D eigenvalue weighted by atomic mass is 9.88. The Bertz CT molecular complexity index is 918. The van der Waals surface area contributed by atoms with Gasteiger partial charge in [-0.2, -0.15) is 0 Å². The molecule has 0 amide bonds. The fraction of sp³-hybridized carbons (Fsp3) is 0.136. The number of nitrogens with zero attached hydrogens (tertiary/aromatic N) is 1. The summed E-state index contributed by atoms with van der Waals surface area (Å²) in [5, 5.41) is 11.3. The van der Waals surface area contributed by atoms with Crippen LogP contribution in [-0.2, 0) is 4.79 Å². The highest BCUT2D eigenvalue weighted by molar-refractivity contribution is 5.75. The lowest BCUT2D eigenvalue weighted by Gasteiger charge is -2.17. The second kappa shape index (κ2) is 8.81. The van der Waals surface area contributed by atoms with Gasteiger partial charge in [-0.3, -0.25) is 14.9 Å². The van der Waals surface area contributed by atoms with Gasteiger partial charge in [0, 0.05) is 5.92 Å². The predicted octanol–water partition coefficient (Wildman–Crippen LogP) is 4.73. The standard InChI is InChI=1S/C22H19NO5/c1-27-18-12-13-21(20(14-18)23(25)26)28-22(24)15-19(16-8-4-2-5-9-16)17-10-6-3-7-11-17/h2-14,19H,15H2,1H3. The average Bonchev–Trinajstić information content (AvgIpc) is 2.73. The Morgan fingerprint density at radius 2 is 1.54 bits per heavy atom. The molecular weight excluding hydrogens is 358 g/mol. The third-order valence-corrected chi connectivity index (χ3v) is 4.36. The van der Waals surface area contributed by atoms with Crippen LogP contribution in [0.5, 0.6) is 11.5 Å². The minimum atomic E-state index is -0.600. The van der Waals surface area contributed by atoms with Crippen molar-refractivity contribution in [1.82, 2.24) is 0 Å². The highest BCUT2D eigenvalue weighted by Gasteiger charge is 2.23. The normalized spacial score (nSPS) is 10.5. The molecule has 28 heavy (non-hydrogen) atoms. The van der Waals surface area contributed by atoms with Gasteiger partial charge in [-0.1, -0.05) is 60.7 Å². The summed E-state index contributed by atoms with van der Waals surface area (Å²) in [4.78, 5) is 23.3. The number of hydrogen-bond acceptors (Lipinski definition) is 5. The summed E-state index contributed by atoms with van der Waals surface area (Å²) in [5.74, 6) is -0.549. The molecule has 0 spiro atoms. The zero-order valence-electron chi connectivity index (χ0n) is 15.3. The maximum absolute atomic E-state index is 12.6. The molecule has 0 unspecified atom stereocenters. The Morgan fingerprint density at radius 1 is 0.964 bits per heavy atom. The number of nitro groups is 1. The summed E-state index contributed by atoms with van der Waals surface area (Å²) in [7, 11) is 1.41. The fourth-order valence-electron chi connectivity index (χ4n) is 2.98. The van der Waals surface area contributed by atoms with E-state index >= 15 is 0 Å². The van der Waals surface area contributed by atoms with Crippen LogP contribution < -0.4 is 9.47 Å². The molecule has 0 fully saturated rings. The van der Waals surface area contributed by atoms with Gasteiger partial charge in [0.2, 0.25) is 5.75 Å². The van der Waals surface area contributed by atoms with Crippen LogP contribution in [-0.4, -0.2) is 18.0 Å². The van der Waals surface area contributed by atoms with Crippen LogP contribution in [0.3, 0.4) is 0 Å². The van der Waals surface area contributed by atoms with Gasteiger partial charge in [-0.15, -0.1) is 0 Å². The number of nitro benzene ring substituents is 1. The van der Waals surface area contributed by atoms with Crippen LogP contribution >= 0.6 is 0 Å². The van der Waals surface area contributed by atoms with Crippen molar-refractivity contribution < 1.29 is 19.2 Å². The van der Waals surface area contributed by atoms with E-state index in [0.29, 0.717) is 5.75 Å². The van der Waals surface area contributed by atoms with Crippen molar-refractivity contribution in [3.05, 3.63) is 100 Å². The second-order valence-electron chi connectivity index (χ2n) is 6.14. The minimum Gasteiger partial charge on any atom is -0.496 e. The first kappa shape index (κ1) is 19.1. The number of esters is 1. The number of rotatable bonds is 7. The molecule has 0 aromatic heterocycles. The second-order valence-corrected chi connectivity index (χ2v) is 6.14. The molecule has 0 radical (unpaired) electrons. The highest BCUT2D eigenvalue weighted by atomic mass is 16.6. The maximum atomic E-state index is 12.6. The van der Waals surface area contributed by atoms with Gasteiger partial charge in [-0.05, 0) is 23.3 Å². The van der Waals surface area contributed by atoms with E-state index in [0.717, 1.165) is 11.1 Å². The molecule has 142 valence electrons. The van der Waals surface area contributed by atoms with Crippen molar-refractivity contribution >= 4 is 11.7 Å². The van der Waals surface area contributed by atoms with Crippen molar-refractivity contribution in [3.8, 4) is 11.5 Å². The van der Waals surface area contributed by atoms with E-state index in [2.05, 4.69) is 0 Å². The van der Waals surface area contributed by atoms with E-state index in [4.69, 9.17) is 9.47 Å². The van der Waals surface area contributed by atoms with E-state index in [1.54, 1.807) is 0 Å². The van der Waals surface area contributed by atoms with Crippen molar-refractivity contribution in [2.24, 2.45) is 0 Å². The van der Waals surface area contributed by atoms with Gasteiger partial charge in [0.15, 0.2) is 0 Å². The molecule has 0 heterocycles. The summed E-state index contributed by atoms with van der Waals surface area (Å²) in [6, 6.07) is 23.3. The summed E-state index contributed by atoms with van der Waals surface area (Å²) >= 11 is 0. The number of methoxy groups -OCH3 is 1. The fourth-order valence-corrected chi connectivity index (χ4v) is 2.98. The number of carbonyl (C=O) groups is 1. The third-order valence-electron chi connectivity index (χ3n) is 4.36. The van der Waals surface area contributed by atoms with E-state index in [9.17, 15) is 14.9 Å². The van der Waals surface area contributed by atoms with Gasteiger partial charge in [-0.25, -0.2) is 0 Å². The molecular formula is C22H19NO5. The molecule has 0 bridgehead atoms. The molecule has 0 saturated heterocycles. The predicted molar refractivity (Wildman–Crippen MR) is 105 cm³/mol. The lowest BCUT2D eigenvalue weighted by Crippen LogP contribution is -2.15.